The van der Waals surface area contributed by atoms with Crippen molar-refractivity contribution in [3.8, 4) is 0 Å². The zero-order chi connectivity index (χ0) is 18.6. The summed E-state index contributed by atoms with van der Waals surface area (Å²) in [6.07, 6.45) is 0. The van der Waals surface area contributed by atoms with E-state index in [0.717, 1.165) is 10.6 Å². The van der Waals surface area contributed by atoms with Crippen LogP contribution in [-0.2, 0) is 16.9 Å². The van der Waals surface area contributed by atoms with Crippen LogP contribution in [0.5, 0.6) is 0 Å². The quantitative estimate of drug-likeness (QED) is 0.709. The number of aryl methyl sites for hydroxylation is 2. The van der Waals surface area contributed by atoms with E-state index in [4.69, 9.17) is 4.42 Å². The number of urea groups is 1. The van der Waals surface area contributed by atoms with Gasteiger partial charge in [0.15, 0.2) is 10.5 Å². The van der Waals surface area contributed by atoms with Crippen LogP contribution in [0.15, 0.2) is 32.8 Å². The molecule has 26 heavy (non-hydrogen) atoms. The summed E-state index contributed by atoms with van der Waals surface area (Å²) in [6.45, 7) is 5.10. The van der Waals surface area contributed by atoms with Gasteiger partial charge in [0, 0.05) is 17.1 Å². The van der Waals surface area contributed by atoms with Gasteiger partial charge in [-0.1, -0.05) is 0 Å². The summed E-state index contributed by atoms with van der Waals surface area (Å²) < 4.78 is 7.03. The van der Waals surface area contributed by atoms with Crippen LogP contribution in [0.4, 0.5) is 4.79 Å². The molecular weight excluding hydrogens is 356 g/mol. The van der Waals surface area contributed by atoms with Crippen molar-refractivity contribution in [2.45, 2.75) is 32.9 Å². The smallest absolute Gasteiger partial charge is 0.325 e. The minimum Gasteiger partial charge on any atom is -0.463 e. The van der Waals surface area contributed by atoms with Gasteiger partial charge in [-0.15, -0.1) is 11.3 Å². The van der Waals surface area contributed by atoms with Crippen LogP contribution in [0.25, 0.3) is 4.96 Å². The molecule has 1 atom stereocenters. The van der Waals surface area contributed by atoms with Gasteiger partial charge < -0.3 is 9.73 Å². The molecule has 0 aliphatic carbocycles. The second-order valence-electron chi connectivity index (χ2n) is 6.44. The third-order valence-corrected chi connectivity index (χ3v) is 5.40. The van der Waals surface area contributed by atoms with Crippen LogP contribution in [0.1, 0.15) is 29.8 Å². The summed E-state index contributed by atoms with van der Waals surface area (Å²) in [7, 11) is 0. The summed E-state index contributed by atoms with van der Waals surface area (Å²) in [5.41, 5.74) is -0.352. The zero-order valence-electron chi connectivity index (χ0n) is 14.4. The first-order chi connectivity index (χ1) is 12.3. The number of carbonyl (C=O) groups is 2. The fraction of sp³-hybridized carbons (Fsp3) is 0.294. The summed E-state index contributed by atoms with van der Waals surface area (Å²) in [4.78, 5) is 43.5. The number of imide groups is 1. The van der Waals surface area contributed by atoms with Crippen LogP contribution >= 0.6 is 11.3 Å². The van der Waals surface area contributed by atoms with Gasteiger partial charge in [-0.3, -0.25) is 18.9 Å². The highest BCUT2D eigenvalue weighted by Gasteiger charge is 2.51. The maximum atomic E-state index is 12.9. The number of furan rings is 1. The Hall–Kier alpha value is -2.94. The molecule has 0 saturated carbocycles. The molecule has 1 unspecified atom stereocenters. The molecule has 3 aromatic rings. The number of carbonyl (C=O) groups excluding carboxylic acids is 2. The Labute approximate surface area is 152 Å². The predicted molar refractivity (Wildman–Crippen MR) is 94.0 cm³/mol. The maximum Gasteiger partial charge on any atom is 0.325 e. The van der Waals surface area contributed by atoms with E-state index in [1.807, 2.05) is 12.3 Å². The Bertz CT molecular complexity index is 1110. The SMILES string of the molecule is Cc1ccc(C2(C)NC(=O)N(Cc3cc(=O)n4c(C)csc4n3)C2=O)o1. The lowest BCUT2D eigenvalue weighted by atomic mass is 9.99. The average molecular weight is 372 g/mol. The van der Waals surface area contributed by atoms with Crippen molar-refractivity contribution in [1.29, 1.82) is 0 Å². The van der Waals surface area contributed by atoms with Crippen LogP contribution in [0, 0.1) is 13.8 Å². The number of thiazole rings is 1. The van der Waals surface area contributed by atoms with Crippen LogP contribution in [0.2, 0.25) is 0 Å². The molecule has 9 heteroatoms. The highest BCUT2D eigenvalue weighted by Crippen LogP contribution is 2.30. The van der Waals surface area contributed by atoms with Crippen molar-refractivity contribution in [1.82, 2.24) is 19.6 Å². The van der Waals surface area contributed by atoms with Gasteiger partial charge >= 0.3 is 6.03 Å². The molecule has 3 amide bonds. The van der Waals surface area contributed by atoms with Crippen molar-refractivity contribution in [2.24, 2.45) is 0 Å². The molecule has 134 valence electrons. The highest BCUT2D eigenvalue weighted by atomic mass is 32.1. The number of hydrogen-bond acceptors (Lipinski definition) is 6. The average Bonchev–Trinajstić information content (AvgIpc) is 3.23. The van der Waals surface area contributed by atoms with Gasteiger partial charge in [-0.2, -0.15) is 0 Å². The second-order valence-corrected chi connectivity index (χ2v) is 7.27. The van der Waals surface area contributed by atoms with Crippen LogP contribution in [0.3, 0.4) is 0 Å². The molecule has 4 heterocycles. The molecule has 1 fully saturated rings. The Morgan fingerprint density at radius 2 is 2.04 bits per heavy atom. The summed E-state index contributed by atoms with van der Waals surface area (Å²) in [5.74, 6) is 0.573. The monoisotopic (exact) mass is 372 g/mol. The summed E-state index contributed by atoms with van der Waals surface area (Å²) in [6, 6.07) is 4.20. The molecular formula is C17H16N4O4S. The van der Waals surface area contributed by atoms with E-state index in [-0.39, 0.29) is 12.1 Å². The molecule has 0 bridgehead atoms. The Balaban J connectivity index is 1.68. The number of fused-ring (bicyclic) bond motifs is 1. The highest BCUT2D eigenvalue weighted by molar-refractivity contribution is 7.15. The summed E-state index contributed by atoms with van der Waals surface area (Å²) in [5, 5.41) is 4.50. The van der Waals surface area contributed by atoms with Crippen LogP contribution < -0.4 is 10.9 Å². The van der Waals surface area contributed by atoms with Gasteiger partial charge in [0.05, 0.1) is 12.2 Å². The van der Waals surface area contributed by atoms with Crippen molar-refractivity contribution in [2.75, 3.05) is 0 Å². The Kier molecular flexibility index (Phi) is 3.52. The lowest BCUT2D eigenvalue weighted by molar-refractivity contribution is -0.132. The van der Waals surface area contributed by atoms with Gasteiger partial charge in [-0.25, -0.2) is 9.78 Å². The predicted octanol–water partition coefficient (Wildman–Crippen LogP) is 1.93. The van der Waals surface area contributed by atoms with Gasteiger partial charge in [0.2, 0.25) is 0 Å². The molecule has 0 aromatic carbocycles. The molecule has 1 aliphatic rings. The van der Waals surface area contributed by atoms with Crippen molar-refractivity contribution >= 4 is 28.2 Å². The number of nitrogens with zero attached hydrogens (tertiary/aromatic N) is 3. The molecule has 4 rings (SSSR count). The van der Waals surface area contributed by atoms with E-state index >= 15 is 0 Å². The number of hydrogen-bond donors (Lipinski definition) is 1. The molecule has 3 aromatic heterocycles. The van der Waals surface area contributed by atoms with E-state index in [2.05, 4.69) is 10.3 Å². The number of nitrogens with one attached hydrogen (secondary N) is 1. The van der Waals surface area contributed by atoms with E-state index in [1.165, 1.54) is 21.8 Å². The lowest BCUT2D eigenvalue weighted by Gasteiger charge is -2.19. The number of amides is 3. The van der Waals surface area contributed by atoms with E-state index in [9.17, 15) is 14.4 Å². The van der Waals surface area contributed by atoms with Crippen molar-refractivity contribution < 1.29 is 14.0 Å². The molecule has 1 saturated heterocycles. The fourth-order valence-electron chi connectivity index (χ4n) is 3.05. The topological polar surface area (TPSA) is 96.9 Å². The second kappa shape index (κ2) is 5.53. The molecule has 0 radical (unpaired) electrons. The first-order valence-electron chi connectivity index (χ1n) is 7.97. The van der Waals surface area contributed by atoms with Crippen molar-refractivity contribution in [3.63, 3.8) is 0 Å². The lowest BCUT2D eigenvalue weighted by Crippen LogP contribution is -2.40. The van der Waals surface area contributed by atoms with Crippen molar-refractivity contribution in [3.05, 3.63) is 56.8 Å². The van der Waals surface area contributed by atoms with E-state index in [0.29, 0.717) is 22.2 Å². The normalized spacial score (nSPS) is 20.2. The first-order valence-corrected chi connectivity index (χ1v) is 8.85. The molecule has 1 N–H and O–H groups in total. The number of aromatic nitrogens is 2. The summed E-state index contributed by atoms with van der Waals surface area (Å²) >= 11 is 1.33. The van der Waals surface area contributed by atoms with Gasteiger partial charge in [0.1, 0.15) is 11.5 Å². The third kappa shape index (κ3) is 2.35. The van der Waals surface area contributed by atoms with Crippen LogP contribution in [-0.4, -0.2) is 26.2 Å². The Morgan fingerprint density at radius 1 is 1.27 bits per heavy atom. The molecule has 8 nitrogen and oxygen atoms in total. The number of rotatable bonds is 3. The Morgan fingerprint density at radius 3 is 2.73 bits per heavy atom. The largest absolute Gasteiger partial charge is 0.463 e. The fourth-order valence-corrected chi connectivity index (χ4v) is 3.95. The first kappa shape index (κ1) is 16.5. The van der Waals surface area contributed by atoms with E-state index < -0.39 is 17.5 Å². The standard InChI is InChI=1S/C17H16N4O4S/c1-9-8-26-16-18-11(6-13(22)21(9)16)7-20-14(23)17(3,19-15(20)24)12-5-4-10(2)25-12/h4-6,8H,7H2,1-3H3,(H,19,24). The van der Waals surface area contributed by atoms with Gasteiger partial charge in [0.25, 0.3) is 11.5 Å². The van der Waals surface area contributed by atoms with Gasteiger partial charge in [-0.05, 0) is 32.9 Å². The third-order valence-electron chi connectivity index (χ3n) is 4.46. The maximum absolute atomic E-state index is 12.9. The molecule has 0 spiro atoms. The van der Waals surface area contributed by atoms with E-state index in [1.54, 1.807) is 26.0 Å². The minimum absolute atomic E-state index is 0.0807. The zero-order valence-corrected chi connectivity index (χ0v) is 15.2. The minimum atomic E-state index is -1.27. The molecule has 1 aliphatic heterocycles.